The number of hydrogen-bond acceptors (Lipinski definition) is 7. The van der Waals surface area contributed by atoms with Gasteiger partial charge in [-0.05, 0) is 12.1 Å². The second-order valence-electron chi connectivity index (χ2n) is 6.98. The molecule has 9 nitrogen and oxygen atoms in total. The summed E-state index contributed by atoms with van der Waals surface area (Å²) in [6.07, 6.45) is 0.894. The Morgan fingerprint density at radius 2 is 2.15 bits per heavy atom. The van der Waals surface area contributed by atoms with Crippen molar-refractivity contribution in [2.24, 2.45) is 7.05 Å². The summed E-state index contributed by atoms with van der Waals surface area (Å²) in [5.41, 5.74) is 2.44. The Labute approximate surface area is 151 Å². The largest absolute Gasteiger partial charge is 0.380 e. The summed E-state index contributed by atoms with van der Waals surface area (Å²) in [4.78, 5) is 6.69. The van der Waals surface area contributed by atoms with Crippen LogP contribution in [0.25, 0.3) is 0 Å². The van der Waals surface area contributed by atoms with Gasteiger partial charge in [-0.1, -0.05) is 19.0 Å². The first-order valence-electron chi connectivity index (χ1n) is 8.78. The second kappa shape index (κ2) is 6.65. The van der Waals surface area contributed by atoms with Crippen molar-refractivity contribution in [2.75, 3.05) is 6.54 Å². The molecule has 3 aromatic rings. The SMILES string of the molecule is CC(C)c1noc(CN2CCn3nc([C@@H](O)c4ccnn4C)cc3C2)n1. The van der Waals surface area contributed by atoms with E-state index in [0.717, 1.165) is 36.8 Å². The minimum Gasteiger partial charge on any atom is -0.380 e. The summed E-state index contributed by atoms with van der Waals surface area (Å²) in [5.74, 6) is 1.63. The lowest BCUT2D eigenvalue weighted by molar-refractivity contribution is 0.178. The summed E-state index contributed by atoms with van der Waals surface area (Å²) in [7, 11) is 1.81. The predicted molar refractivity (Wildman–Crippen MR) is 92.0 cm³/mol. The zero-order valence-electron chi connectivity index (χ0n) is 15.2. The van der Waals surface area contributed by atoms with Crippen molar-refractivity contribution in [1.82, 2.24) is 34.6 Å². The molecule has 4 rings (SSSR count). The van der Waals surface area contributed by atoms with Crippen LogP contribution in [0, 0.1) is 0 Å². The monoisotopic (exact) mass is 357 g/mol. The van der Waals surface area contributed by atoms with E-state index in [9.17, 15) is 5.11 Å². The molecule has 0 aromatic carbocycles. The maximum atomic E-state index is 10.6. The Morgan fingerprint density at radius 1 is 1.31 bits per heavy atom. The topological polar surface area (TPSA) is 98.0 Å². The summed E-state index contributed by atoms with van der Waals surface area (Å²) >= 11 is 0. The summed E-state index contributed by atoms with van der Waals surface area (Å²) < 4.78 is 8.97. The lowest BCUT2D eigenvalue weighted by Crippen LogP contribution is -2.33. The van der Waals surface area contributed by atoms with Crippen LogP contribution in [-0.2, 0) is 26.7 Å². The zero-order chi connectivity index (χ0) is 18.3. The van der Waals surface area contributed by atoms with Gasteiger partial charge < -0.3 is 9.63 Å². The highest BCUT2D eigenvalue weighted by atomic mass is 16.5. The van der Waals surface area contributed by atoms with Gasteiger partial charge in [-0.15, -0.1) is 0 Å². The van der Waals surface area contributed by atoms with Crippen LogP contribution in [0.5, 0.6) is 0 Å². The van der Waals surface area contributed by atoms with Gasteiger partial charge in [0, 0.05) is 32.3 Å². The van der Waals surface area contributed by atoms with Crippen LogP contribution in [-0.4, -0.2) is 46.3 Å². The average Bonchev–Trinajstić information content (AvgIpc) is 3.33. The molecule has 0 saturated heterocycles. The molecule has 138 valence electrons. The van der Waals surface area contributed by atoms with E-state index in [-0.39, 0.29) is 5.92 Å². The molecule has 4 heterocycles. The quantitative estimate of drug-likeness (QED) is 0.733. The van der Waals surface area contributed by atoms with Crippen LogP contribution >= 0.6 is 0 Å². The van der Waals surface area contributed by atoms with Gasteiger partial charge in [0.15, 0.2) is 5.82 Å². The maximum absolute atomic E-state index is 10.6. The van der Waals surface area contributed by atoms with Crippen LogP contribution in [0.1, 0.15) is 54.7 Å². The van der Waals surface area contributed by atoms with E-state index < -0.39 is 6.10 Å². The molecule has 9 heteroatoms. The minimum absolute atomic E-state index is 0.256. The van der Waals surface area contributed by atoms with E-state index in [1.165, 1.54) is 0 Å². The zero-order valence-corrected chi connectivity index (χ0v) is 15.2. The third kappa shape index (κ3) is 3.15. The fourth-order valence-electron chi connectivity index (χ4n) is 3.17. The van der Waals surface area contributed by atoms with Gasteiger partial charge in [0.1, 0.15) is 6.10 Å². The Kier molecular flexibility index (Phi) is 4.33. The van der Waals surface area contributed by atoms with Crippen LogP contribution in [0.3, 0.4) is 0 Å². The first kappa shape index (κ1) is 16.9. The molecule has 0 saturated carbocycles. The Hall–Kier alpha value is -2.52. The Bertz CT molecular complexity index is 895. The van der Waals surface area contributed by atoms with Gasteiger partial charge in [0.2, 0.25) is 5.89 Å². The molecule has 0 amide bonds. The third-order valence-electron chi connectivity index (χ3n) is 4.67. The second-order valence-corrected chi connectivity index (χ2v) is 6.98. The van der Waals surface area contributed by atoms with Crippen molar-refractivity contribution < 1.29 is 9.63 Å². The Balaban J connectivity index is 1.47. The minimum atomic E-state index is -0.779. The van der Waals surface area contributed by atoms with Crippen molar-refractivity contribution in [3.63, 3.8) is 0 Å². The highest BCUT2D eigenvalue weighted by Crippen LogP contribution is 2.24. The number of aryl methyl sites for hydroxylation is 1. The molecule has 0 radical (unpaired) electrons. The third-order valence-corrected chi connectivity index (χ3v) is 4.67. The lowest BCUT2D eigenvalue weighted by Gasteiger charge is -2.25. The molecular formula is C17H23N7O2. The number of rotatable bonds is 5. The lowest BCUT2D eigenvalue weighted by atomic mass is 10.1. The predicted octanol–water partition coefficient (Wildman–Crippen LogP) is 1.22. The van der Waals surface area contributed by atoms with Crippen LogP contribution in [0.15, 0.2) is 22.9 Å². The van der Waals surface area contributed by atoms with Gasteiger partial charge in [0.05, 0.1) is 30.2 Å². The highest BCUT2D eigenvalue weighted by molar-refractivity contribution is 5.22. The molecule has 0 bridgehead atoms. The molecule has 1 atom stereocenters. The smallest absolute Gasteiger partial charge is 0.240 e. The first-order valence-corrected chi connectivity index (χ1v) is 8.78. The van der Waals surface area contributed by atoms with Gasteiger partial charge in [0.25, 0.3) is 0 Å². The van der Waals surface area contributed by atoms with Gasteiger partial charge in [-0.2, -0.15) is 15.2 Å². The number of aromatic nitrogens is 6. The van der Waals surface area contributed by atoms with Crippen LogP contribution < -0.4 is 0 Å². The molecule has 1 aliphatic rings. The van der Waals surface area contributed by atoms with Crippen LogP contribution in [0.4, 0.5) is 0 Å². The highest BCUT2D eigenvalue weighted by Gasteiger charge is 2.24. The van der Waals surface area contributed by atoms with E-state index in [0.29, 0.717) is 18.1 Å². The van der Waals surface area contributed by atoms with E-state index >= 15 is 0 Å². The Morgan fingerprint density at radius 3 is 2.85 bits per heavy atom. The standard InChI is InChI=1S/C17H23N7O2/c1-11(2)17-19-15(26-21-17)10-23-6-7-24-12(9-23)8-13(20-24)16(25)14-4-5-18-22(14)3/h4-5,8,11,16,25H,6-7,9-10H2,1-3H3/t16-/m1/s1. The van der Waals surface area contributed by atoms with E-state index in [4.69, 9.17) is 4.52 Å². The van der Waals surface area contributed by atoms with Crippen molar-refractivity contribution in [2.45, 2.75) is 45.5 Å². The molecule has 0 spiro atoms. The number of aliphatic hydroxyl groups excluding tert-OH is 1. The fraction of sp³-hybridized carbons (Fsp3) is 0.529. The van der Waals surface area contributed by atoms with Crippen LogP contribution in [0.2, 0.25) is 0 Å². The molecule has 0 aliphatic carbocycles. The molecule has 1 N–H and O–H groups in total. The molecule has 0 unspecified atom stereocenters. The molecule has 26 heavy (non-hydrogen) atoms. The first-order chi connectivity index (χ1) is 12.5. The van der Waals surface area contributed by atoms with E-state index in [1.807, 2.05) is 31.6 Å². The molecule has 0 fully saturated rings. The number of hydrogen-bond donors (Lipinski definition) is 1. The fourth-order valence-corrected chi connectivity index (χ4v) is 3.17. The summed E-state index contributed by atoms with van der Waals surface area (Å²) in [6, 6.07) is 3.76. The van der Waals surface area contributed by atoms with Gasteiger partial charge in [-0.25, -0.2) is 0 Å². The van der Waals surface area contributed by atoms with Crippen molar-refractivity contribution in [1.29, 1.82) is 0 Å². The van der Waals surface area contributed by atoms with E-state index in [2.05, 4.69) is 25.2 Å². The van der Waals surface area contributed by atoms with Crippen molar-refractivity contribution >= 4 is 0 Å². The van der Waals surface area contributed by atoms with Gasteiger partial charge in [-0.3, -0.25) is 14.3 Å². The number of aliphatic hydroxyl groups is 1. The van der Waals surface area contributed by atoms with E-state index in [1.54, 1.807) is 16.9 Å². The van der Waals surface area contributed by atoms with Gasteiger partial charge >= 0.3 is 0 Å². The normalized spacial score (nSPS) is 16.2. The van der Waals surface area contributed by atoms with Crippen molar-refractivity contribution in [3.05, 3.63) is 47.1 Å². The number of nitrogens with zero attached hydrogens (tertiary/aromatic N) is 7. The number of fused-ring (bicyclic) bond motifs is 1. The summed E-state index contributed by atoms with van der Waals surface area (Å²) in [5, 5.41) is 23.3. The molecular weight excluding hydrogens is 334 g/mol. The molecule has 1 aliphatic heterocycles. The maximum Gasteiger partial charge on any atom is 0.240 e. The molecule has 3 aromatic heterocycles. The average molecular weight is 357 g/mol. The summed E-state index contributed by atoms with van der Waals surface area (Å²) in [6.45, 7) is 7.04. The van der Waals surface area contributed by atoms with Crippen molar-refractivity contribution in [3.8, 4) is 0 Å².